The maximum Gasteiger partial charge on any atom is 0.257 e. The van der Waals surface area contributed by atoms with Crippen LogP contribution in [0.25, 0.3) is 0 Å². The summed E-state index contributed by atoms with van der Waals surface area (Å²) in [5.41, 5.74) is 3.69. The highest BCUT2D eigenvalue weighted by molar-refractivity contribution is 6.34. The van der Waals surface area contributed by atoms with E-state index in [1.807, 2.05) is 24.3 Å². The fraction of sp³-hybridized carbons (Fsp3) is 0.381. The van der Waals surface area contributed by atoms with Crippen molar-refractivity contribution in [3.05, 3.63) is 64.2 Å². The van der Waals surface area contributed by atoms with Crippen molar-refractivity contribution in [3.63, 3.8) is 0 Å². The van der Waals surface area contributed by atoms with E-state index in [-0.39, 0.29) is 16.7 Å². The molecule has 2 aromatic carbocycles. The van der Waals surface area contributed by atoms with E-state index in [1.165, 1.54) is 11.1 Å². The van der Waals surface area contributed by atoms with Crippen molar-refractivity contribution in [2.75, 3.05) is 5.32 Å². The third-order valence-electron chi connectivity index (χ3n) is 4.04. The lowest BCUT2D eigenvalue weighted by atomic mass is 9.80. The number of benzene rings is 2. The van der Waals surface area contributed by atoms with Crippen molar-refractivity contribution in [1.29, 1.82) is 0 Å². The lowest BCUT2D eigenvalue weighted by molar-refractivity contribution is 0.102. The van der Waals surface area contributed by atoms with E-state index < -0.39 is 0 Å². The number of amides is 1. The van der Waals surface area contributed by atoms with E-state index in [1.54, 1.807) is 12.1 Å². The molecule has 0 spiro atoms. The molecule has 0 aliphatic carbocycles. The second kappa shape index (κ2) is 6.60. The molecule has 2 aromatic rings. The Hall–Kier alpha value is -1.80. The zero-order valence-electron chi connectivity index (χ0n) is 15.3. The number of hydrogen-bond donors (Lipinski definition) is 1. The average Bonchev–Trinajstić information content (AvgIpc) is 2.45. The standard InChI is InChI=1S/C21H26ClNO/c1-20(2,3)14-11-15(21(4,5)6)13-16(12-14)23-19(24)17-9-7-8-10-18(17)22/h7-13H,1-6H3,(H,23,24). The molecule has 0 radical (unpaired) electrons. The van der Waals surface area contributed by atoms with Gasteiger partial charge in [0.2, 0.25) is 0 Å². The summed E-state index contributed by atoms with van der Waals surface area (Å²) in [5.74, 6) is -0.188. The van der Waals surface area contributed by atoms with Crippen LogP contribution in [0.15, 0.2) is 42.5 Å². The summed E-state index contributed by atoms with van der Waals surface area (Å²) in [6, 6.07) is 13.4. The summed E-state index contributed by atoms with van der Waals surface area (Å²) in [4.78, 5) is 12.6. The highest BCUT2D eigenvalue weighted by Gasteiger charge is 2.21. The van der Waals surface area contributed by atoms with Crippen molar-refractivity contribution < 1.29 is 4.79 Å². The monoisotopic (exact) mass is 343 g/mol. The first-order valence-electron chi connectivity index (χ1n) is 8.20. The molecule has 0 atom stereocenters. The fourth-order valence-corrected chi connectivity index (χ4v) is 2.63. The molecule has 0 aliphatic rings. The van der Waals surface area contributed by atoms with E-state index in [4.69, 9.17) is 11.6 Å². The molecular formula is C21H26ClNO. The zero-order valence-corrected chi connectivity index (χ0v) is 16.1. The van der Waals surface area contributed by atoms with Gasteiger partial charge in [-0.3, -0.25) is 4.79 Å². The van der Waals surface area contributed by atoms with E-state index in [9.17, 15) is 4.79 Å². The number of halogens is 1. The molecule has 24 heavy (non-hydrogen) atoms. The molecule has 0 aliphatic heterocycles. The number of anilines is 1. The van der Waals surface area contributed by atoms with Crippen LogP contribution in [0.1, 0.15) is 63.0 Å². The molecule has 0 saturated heterocycles. The molecule has 0 saturated carbocycles. The van der Waals surface area contributed by atoms with Gasteiger partial charge in [0, 0.05) is 5.69 Å². The Morgan fingerprint density at radius 3 is 1.83 bits per heavy atom. The van der Waals surface area contributed by atoms with Crippen molar-refractivity contribution in [2.45, 2.75) is 52.4 Å². The Kier molecular flexibility index (Phi) is 5.10. The molecular weight excluding hydrogens is 318 g/mol. The Morgan fingerprint density at radius 1 is 0.875 bits per heavy atom. The maximum atomic E-state index is 12.6. The van der Waals surface area contributed by atoms with E-state index in [0.29, 0.717) is 10.6 Å². The van der Waals surface area contributed by atoms with Crippen LogP contribution < -0.4 is 5.32 Å². The molecule has 2 nitrogen and oxygen atoms in total. The molecule has 1 N–H and O–H groups in total. The minimum absolute atomic E-state index is 0.00509. The molecule has 0 bridgehead atoms. The summed E-state index contributed by atoms with van der Waals surface area (Å²) >= 11 is 6.13. The molecule has 0 aromatic heterocycles. The van der Waals surface area contributed by atoms with E-state index >= 15 is 0 Å². The number of carbonyl (C=O) groups is 1. The first kappa shape index (κ1) is 18.5. The van der Waals surface area contributed by atoms with Crippen LogP contribution in [0.2, 0.25) is 5.02 Å². The van der Waals surface area contributed by atoms with Gasteiger partial charge < -0.3 is 5.32 Å². The normalized spacial score (nSPS) is 12.1. The summed E-state index contributed by atoms with van der Waals surface area (Å²) in [6.45, 7) is 13.1. The summed E-state index contributed by atoms with van der Waals surface area (Å²) in [6.07, 6.45) is 0. The van der Waals surface area contributed by atoms with Crippen molar-refractivity contribution in [2.24, 2.45) is 0 Å². The number of rotatable bonds is 2. The van der Waals surface area contributed by atoms with Crippen LogP contribution in [0, 0.1) is 0 Å². The van der Waals surface area contributed by atoms with Gasteiger partial charge in [-0.25, -0.2) is 0 Å². The summed E-state index contributed by atoms with van der Waals surface area (Å²) < 4.78 is 0. The molecule has 0 unspecified atom stereocenters. The topological polar surface area (TPSA) is 29.1 Å². The van der Waals surface area contributed by atoms with Crippen molar-refractivity contribution >= 4 is 23.2 Å². The first-order chi connectivity index (χ1) is 11.0. The van der Waals surface area contributed by atoms with Gasteiger partial charge in [0.15, 0.2) is 0 Å². The first-order valence-corrected chi connectivity index (χ1v) is 8.58. The van der Waals surface area contributed by atoms with Gasteiger partial charge in [0.1, 0.15) is 0 Å². The van der Waals surface area contributed by atoms with Crippen LogP contribution in [-0.4, -0.2) is 5.91 Å². The van der Waals surface area contributed by atoms with Gasteiger partial charge in [-0.15, -0.1) is 0 Å². The lowest BCUT2D eigenvalue weighted by Gasteiger charge is -2.26. The summed E-state index contributed by atoms with van der Waals surface area (Å²) in [5, 5.41) is 3.46. The van der Waals surface area contributed by atoms with Gasteiger partial charge in [-0.05, 0) is 46.2 Å². The summed E-state index contributed by atoms with van der Waals surface area (Å²) in [7, 11) is 0. The van der Waals surface area contributed by atoms with Gasteiger partial charge in [0.25, 0.3) is 5.91 Å². The van der Waals surface area contributed by atoms with E-state index in [0.717, 1.165) is 5.69 Å². The third kappa shape index (κ3) is 4.39. The second-order valence-corrected chi connectivity index (χ2v) is 8.64. The zero-order chi connectivity index (χ0) is 18.1. The number of carbonyl (C=O) groups excluding carboxylic acids is 1. The van der Waals surface area contributed by atoms with Crippen LogP contribution >= 0.6 is 11.6 Å². The smallest absolute Gasteiger partial charge is 0.257 e. The van der Waals surface area contributed by atoms with Crippen LogP contribution in [0.3, 0.4) is 0 Å². The molecule has 1 amide bonds. The number of hydrogen-bond acceptors (Lipinski definition) is 1. The van der Waals surface area contributed by atoms with Crippen LogP contribution in [-0.2, 0) is 10.8 Å². The Balaban J connectivity index is 2.43. The SMILES string of the molecule is CC(C)(C)c1cc(NC(=O)c2ccccc2Cl)cc(C(C)(C)C)c1. The Bertz CT molecular complexity index is 719. The molecule has 0 heterocycles. The fourth-order valence-electron chi connectivity index (χ4n) is 2.41. The second-order valence-electron chi connectivity index (χ2n) is 8.23. The minimum atomic E-state index is -0.188. The highest BCUT2D eigenvalue weighted by Crippen LogP contribution is 2.32. The predicted octanol–water partition coefficient (Wildman–Crippen LogP) is 6.19. The lowest BCUT2D eigenvalue weighted by Crippen LogP contribution is -2.19. The molecule has 3 heteroatoms. The molecule has 128 valence electrons. The van der Waals surface area contributed by atoms with Crippen molar-refractivity contribution in [1.82, 2.24) is 0 Å². The third-order valence-corrected chi connectivity index (χ3v) is 4.37. The maximum absolute atomic E-state index is 12.6. The molecule has 2 rings (SSSR count). The van der Waals surface area contributed by atoms with Crippen LogP contribution in [0.5, 0.6) is 0 Å². The quantitative estimate of drug-likeness (QED) is 0.692. The van der Waals surface area contributed by atoms with E-state index in [2.05, 4.69) is 52.9 Å². The van der Waals surface area contributed by atoms with Gasteiger partial charge in [-0.2, -0.15) is 0 Å². The van der Waals surface area contributed by atoms with Gasteiger partial charge >= 0.3 is 0 Å². The Morgan fingerprint density at radius 2 is 1.38 bits per heavy atom. The highest BCUT2D eigenvalue weighted by atomic mass is 35.5. The largest absolute Gasteiger partial charge is 0.322 e. The number of nitrogens with one attached hydrogen (secondary N) is 1. The van der Waals surface area contributed by atoms with Gasteiger partial charge in [0.05, 0.1) is 10.6 Å². The average molecular weight is 344 g/mol. The Labute approximate surface area is 150 Å². The van der Waals surface area contributed by atoms with Gasteiger partial charge in [-0.1, -0.05) is 71.3 Å². The molecule has 0 fully saturated rings. The minimum Gasteiger partial charge on any atom is -0.322 e. The van der Waals surface area contributed by atoms with Crippen LogP contribution in [0.4, 0.5) is 5.69 Å². The predicted molar refractivity (Wildman–Crippen MR) is 103 cm³/mol. The van der Waals surface area contributed by atoms with Crippen molar-refractivity contribution in [3.8, 4) is 0 Å².